The highest BCUT2D eigenvalue weighted by molar-refractivity contribution is 6.20. The fourth-order valence-corrected chi connectivity index (χ4v) is 4.89. The molecule has 0 aliphatic heterocycles. The first kappa shape index (κ1) is 11.8. The van der Waals surface area contributed by atoms with Gasteiger partial charge in [-0.25, -0.2) is 0 Å². The molecule has 17 heavy (non-hydrogen) atoms. The Hall–Kier alpha value is -0.240. The van der Waals surface area contributed by atoms with E-state index in [-0.39, 0.29) is 10.8 Å². The summed E-state index contributed by atoms with van der Waals surface area (Å²) in [6.07, 6.45) is 7.58. The van der Waals surface area contributed by atoms with Crippen LogP contribution in [0.5, 0.6) is 0 Å². The normalized spacial score (nSPS) is 44.7. The molecule has 1 N–H and O–H groups in total. The Kier molecular flexibility index (Phi) is 2.89. The number of alkyl halides is 1. The average Bonchev–Trinajstić information content (AvgIpc) is 2.23. The summed E-state index contributed by atoms with van der Waals surface area (Å²) in [5.41, 5.74) is -0.0134. The molecule has 4 saturated carbocycles. The molecule has 2 nitrogen and oxygen atoms in total. The van der Waals surface area contributed by atoms with Gasteiger partial charge < -0.3 is 5.32 Å². The van der Waals surface area contributed by atoms with Gasteiger partial charge in [0.1, 0.15) is 0 Å². The van der Waals surface area contributed by atoms with Crippen LogP contribution in [-0.2, 0) is 4.79 Å². The predicted molar refractivity (Wildman–Crippen MR) is 68.9 cm³/mol. The van der Waals surface area contributed by atoms with Crippen molar-refractivity contribution in [2.75, 3.05) is 6.54 Å². The molecule has 0 spiro atoms. The highest BCUT2D eigenvalue weighted by Crippen LogP contribution is 2.60. The van der Waals surface area contributed by atoms with Gasteiger partial charge in [0.25, 0.3) is 0 Å². The number of carbonyl (C=O) groups excluding carboxylic acids is 1. The van der Waals surface area contributed by atoms with E-state index < -0.39 is 0 Å². The lowest BCUT2D eigenvalue weighted by atomic mass is 9.49. The molecule has 0 saturated heterocycles. The molecule has 4 bridgehead atoms. The van der Waals surface area contributed by atoms with Crippen molar-refractivity contribution in [2.45, 2.75) is 50.8 Å². The zero-order valence-corrected chi connectivity index (χ0v) is 11.3. The largest absolute Gasteiger partial charge is 0.354 e. The fourth-order valence-electron chi connectivity index (χ4n) is 4.81. The van der Waals surface area contributed by atoms with Gasteiger partial charge in [-0.2, -0.15) is 0 Å². The summed E-state index contributed by atoms with van der Waals surface area (Å²) in [5.74, 6) is 2.80. The van der Waals surface area contributed by atoms with Crippen molar-refractivity contribution in [2.24, 2.45) is 23.2 Å². The molecule has 0 radical (unpaired) electrons. The van der Waals surface area contributed by atoms with Crippen LogP contribution >= 0.6 is 11.6 Å². The Balaban J connectivity index is 1.71. The monoisotopic (exact) mass is 255 g/mol. The van der Waals surface area contributed by atoms with Gasteiger partial charge >= 0.3 is 0 Å². The van der Waals surface area contributed by atoms with E-state index in [4.69, 9.17) is 11.6 Å². The van der Waals surface area contributed by atoms with Crippen LogP contribution in [0.3, 0.4) is 0 Å². The first-order valence-electron chi connectivity index (χ1n) is 7.00. The SMILES string of the molecule is CC(Cl)CNC(=O)C12CC3CC(CC(C3)C1)C2. The third-order valence-electron chi connectivity index (χ3n) is 5.06. The minimum atomic E-state index is -0.0134. The summed E-state index contributed by atoms with van der Waals surface area (Å²) >= 11 is 5.91. The maximum atomic E-state index is 12.4. The van der Waals surface area contributed by atoms with Crippen LogP contribution in [0, 0.1) is 23.2 Å². The van der Waals surface area contributed by atoms with Gasteiger partial charge in [-0.1, -0.05) is 0 Å². The zero-order valence-electron chi connectivity index (χ0n) is 10.5. The molecular formula is C14H22ClNO. The van der Waals surface area contributed by atoms with E-state index in [9.17, 15) is 4.79 Å². The molecule has 0 aromatic heterocycles. The maximum Gasteiger partial charge on any atom is 0.226 e. The summed E-state index contributed by atoms with van der Waals surface area (Å²) in [7, 11) is 0. The topological polar surface area (TPSA) is 29.1 Å². The molecular weight excluding hydrogens is 234 g/mol. The predicted octanol–water partition coefficient (Wildman–Crippen LogP) is 2.95. The second kappa shape index (κ2) is 4.15. The van der Waals surface area contributed by atoms with Gasteiger partial charge in [0.15, 0.2) is 0 Å². The summed E-state index contributed by atoms with van der Waals surface area (Å²) in [6.45, 7) is 2.55. The number of hydrogen-bond donors (Lipinski definition) is 1. The third-order valence-corrected chi connectivity index (χ3v) is 5.22. The first-order valence-corrected chi connectivity index (χ1v) is 7.43. The summed E-state index contributed by atoms with van der Waals surface area (Å²) < 4.78 is 0. The maximum absolute atomic E-state index is 12.4. The molecule has 0 heterocycles. The minimum absolute atomic E-state index is 0.0134. The Morgan fingerprint density at radius 3 is 2.12 bits per heavy atom. The van der Waals surface area contributed by atoms with Gasteiger partial charge in [0.05, 0.1) is 0 Å². The summed E-state index contributed by atoms with van der Waals surface area (Å²) in [4.78, 5) is 12.4. The highest BCUT2D eigenvalue weighted by atomic mass is 35.5. The van der Waals surface area contributed by atoms with Crippen LogP contribution in [0.15, 0.2) is 0 Å². The van der Waals surface area contributed by atoms with Gasteiger partial charge in [-0.3, -0.25) is 4.79 Å². The fraction of sp³-hybridized carbons (Fsp3) is 0.929. The number of nitrogens with one attached hydrogen (secondary N) is 1. The Morgan fingerprint density at radius 1 is 1.24 bits per heavy atom. The van der Waals surface area contributed by atoms with Crippen LogP contribution in [0.1, 0.15) is 45.4 Å². The van der Waals surface area contributed by atoms with Gasteiger partial charge in [0.2, 0.25) is 5.91 Å². The van der Waals surface area contributed by atoms with Crippen molar-refractivity contribution in [1.29, 1.82) is 0 Å². The van der Waals surface area contributed by atoms with Crippen LogP contribution in [0.25, 0.3) is 0 Å². The lowest BCUT2D eigenvalue weighted by molar-refractivity contribution is -0.146. The number of hydrogen-bond acceptors (Lipinski definition) is 1. The smallest absolute Gasteiger partial charge is 0.226 e. The molecule has 1 amide bonds. The molecule has 0 aromatic carbocycles. The van der Waals surface area contributed by atoms with E-state index >= 15 is 0 Å². The molecule has 4 aliphatic carbocycles. The number of amides is 1. The van der Waals surface area contributed by atoms with E-state index in [0.717, 1.165) is 37.0 Å². The molecule has 3 heteroatoms. The highest BCUT2D eigenvalue weighted by Gasteiger charge is 2.54. The van der Waals surface area contributed by atoms with E-state index in [1.54, 1.807) is 0 Å². The van der Waals surface area contributed by atoms with Gasteiger partial charge in [-0.05, 0) is 63.2 Å². The standard InChI is InChI=1S/C14H22ClNO/c1-9(15)8-16-13(17)14-5-10-2-11(6-14)4-12(3-10)7-14/h9-12H,2-8H2,1H3,(H,16,17). The number of rotatable bonds is 3. The molecule has 1 atom stereocenters. The van der Waals surface area contributed by atoms with E-state index in [1.165, 1.54) is 19.3 Å². The van der Waals surface area contributed by atoms with E-state index in [1.807, 2.05) is 6.92 Å². The minimum Gasteiger partial charge on any atom is -0.354 e. The zero-order chi connectivity index (χ0) is 12.0. The van der Waals surface area contributed by atoms with Crippen LogP contribution in [-0.4, -0.2) is 17.8 Å². The van der Waals surface area contributed by atoms with Crippen molar-refractivity contribution in [3.8, 4) is 0 Å². The molecule has 4 fully saturated rings. The average molecular weight is 256 g/mol. The second-order valence-corrected chi connectivity index (χ2v) is 7.43. The van der Waals surface area contributed by atoms with E-state index in [2.05, 4.69) is 5.32 Å². The number of halogens is 1. The van der Waals surface area contributed by atoms with Crippen molar-refractivity contribution < 1.29 is 4.79 Å². The quantitative estimate of drug-likeness (QED) is 0.772. The van der Waals surface area contributed by atoms with Crippen molar-refractivity contribution in [3.05, 3.63) is 0 Å². The van der Waals surface area contributed by atoms with Crippen molar-refractivity contribution in [1.82, 2.24) is 5.32 Å². The Morgan fingerprint density at radius 2 is 1.71 bits per heavy atom. The molecule has 4 aliphatic rings. The van der Waals surface area contributed by atoms with Gasteiger partial charge in [-0.15, -0.1) is 11.6 Å². The van der Waals surface area contributed by atoms with Gasteiger partial charge in [0, 0.05) is 17.3 Å². The molecule has 0 aromatic rings. The van der Waals surface area contributed by atoms with Crippen molar-refractivity contribution >= 4 is 17.5 Å². The van der Waals surface area contributed by atoms with Crippen LogP contribution < -0.4 is 5.32 Å². The molecule has 96 valence electrons. The lowest BCUT2D eigenvalue weighted by Gasteiger charge is -2.55. The second-order valence-electron chi connectivity index (χ2n) is 6.69. The Labute approximate surface area is 108 Å². The summed E-state index contributed by atoms with van der Waals surface area (Å²) in [6, 6.07) is 0. The van der Waals surface area contributed by atoms with Crippen LogP contribution in [0.2, 0.25) is 0 Å². The van der Waals surface area contributed by atoms with Crippen molar-refractivity contribution in [3.63, 3.8) is 0 Å². The lowest BCUT2D eigenvalue weighted by Crippen LogP contribution is -2.54. The third kappa shape index (κ3) is 2.09. The van der Waals surface area contributed by atoms with Crippen LogP contribution in [0.4, 0.5) is 0 Å². The molecule has 4 rings (SSSR count). The summed E-state index contributed by atoms with van der Waals surface area (Å²) in [5, 5.41) is 3.10. The van der Waals surface area contributed by atoms with E-state index in [0.29, 0.717) is 12.5 Å². The molecule has 1 unspecified atom stereocenters. The first-order chi connectivity index (χ1) is 8.07. The number of carbonyl (C=O) groups is 1. The Bertz CT molecular complexity index is 291.